The van der Waals surface area contributed by atoms with Crippen LogP contribution in [0.2, 0.25) is 0 Å². The molecule has 0 radical (unpaired) electrons. The number of hydrogen-bond donors (Lipinski definition) is 0. The Morgan fingerprint density at radius 2 is 1.70 bits per heavy atom. The largest absolute Gasteiger partial charge is 0.245 e. The first-order valence-electron chi connectivity index (χ1n) is 6.21. The Morgan fingerprint density at radius 1 is 1.05 bits per heavy atom. The summed E-state index contributed by atoms with van der Waals surface area (Å²) < 4.78 is 25.8. The van der Waals surface area contributed by atoms with Gasteiger partial charge in [-0.25, -0.2) is 13.4 Å². The lowest BCUT2D eigenvalue weighted by Crippen LogP contribution is -2.09. The van der Waals surface area contributed by atoms with Gasteiger partial charge in [-0.05, 0) is 50.3 Å². The number of thioether (sulfide) groups is 1. The summed E-state index contributed by atoms with van der Waals surface area (Å²) in [7, 11) is -3.54. The molecule has 2 aromatic rings. The first kappa shape index (κ1) is 15.1. The van der Waals surface area contributed by atoms with Crippen LogP contribution in [-0.2, 0) is 9.84 Å². The van der Waals surface area contributed by atoms with E-state index < -0.39 is 9.84 Å². The molecule has 20 heavy (non-hydrogen) atoms. The van der Waals surface area contributed by atoms with Crippen LogP contribution in [0.15, 0.2) is 45.1 Å². The molecule has 0 saturated heterocycles. The van der Waals surface area contributed by atoms with E-state index in [0.29, 0.717) is 14.8 Å². The summed E-state index contributed by atoms with van der Waals surface area (Å²) in [6.07, 6.45) is 1.85. The Hall–Kier alpha value is -1.33. The van der Waals surface area contributed by atoms with E-state index in [2.05, 4.69) is 4.98 Å². The summed E-state index contributed by atoms with van der Waals surface area (Å²) in [4.78, 5) is 5.03. The van der Waals surface area contributed by atoms with Crippen LogP contribution in [-0.4, -0.2) is 19.7 Å². The third-order valence-electron chi connectivity index (χ3n) is 3.10. The molecule has 1 aromatic heterocycles. The van der Waals surface area contributed by atoms with Crippen LogP contribution in [0.4, 0.5) is 0 Å². The van der Waals surface area contributed by atoms with Gasteiger partial charge in [0.1, 0.15) is 9.92 Å². The Balaban J connectivity index is 2.77. The highest BCUT2D eigenvalue weighted by Crippen LogP contribution is 2.32. The first-order chi connectivity index (χ1) is 9.37. The fourth-order valence-electron chi connectivity index (χ4n) is 2.22. The summed E-state index contributed by atoms with van der Waals surface area (Å²) >= 11 is 1.36. The molecule has 0 aliphatic heterocycles. The van der Waals surface area contributed by atoms with E-state index in [1.54, 1.807) is 12.1 Å². The maximum Gasteiger partial charge on any atom is 0.209 e. The number of nitrogens with zero attached hydrogens (tertiary/aromatic N) is 1. The lowest BCUT2D eigenvalue weighted by atomic mass is 10.2. The van der Waals surface area contributed by atoms with Crippen molar-refractivity contribution >= 4 is 21.6 Å². The highest BCUT2D eigenvalue weighted by molar-refractivity contribution is 7.99. The van der Waals surface area contributed by atoms with Crippen molar-refractivity contribution in [3.05, 3.63) is 47.2 Å². The van der Waals surface area contributed by atoms with Crippen molar-refractivity contribution in [3.63, 3.8) is 0 Å². The molecule has 0 amide bonds. The molecular formula is C15H17NO2S2. The van der Waals surface area contributed by atoms with Gasteiger partial charge in [-0.2, -0.15) is 0 Å². The summed E-state index contributed by atoms with van der Waals surface area (Å²) in [5.41, 5.74) is 2.32. The molecule has 1 aromatic carbocycles. The number of sulfone groups is 1. The number of pyridine rings is 1. The molecule has 0 bridgehead atoms. The van der Waals surface area contributed by atoms with Gasteiger partial charge in [-0.1, -0.05) is 18.2 Å². The normalized spacial score (nSPS) is 11.6. The van der Waals surface area contributed by atoms with Gasteiger partial charge in [-0.3, -0.25) is 0 Å². The van der Waals surface area contributed by atoms with Crippen molar-refractivity contribution in [2.75, 3.05) is 6.26 Å². The molecule has 0 fully saturated rings. The Labute approximate surface area is 124 Å². The van der Waals surface area contributed by atoms with Gasteiger partial charge in [-0.15, -0.1) is 11.8 Å². The number of hydrogen-bond acceptors (Lipinski definition) is 4. The summed E-state index contributed by atoms with van der Waals surface area (Å²) in [5, 5.41) is 0.561. The van der Waals surface area contributed by atoms with E-state index in [0.717, 1.165) is 16.8 Å². The van der Waals surface area contributed by atoms with Crippen LogP contribution < -0.4 is 0 Å². The average molecular weight is 307 g/mol. The summed E-state index contributed by atoms with van der Waals surface area (Å²) in [6.45, 7) is 5.50. The number of aromatic nitrogens is 1. The van der Waals surface area contributed by atoms with Crippen LogP contribution in [0.25, 0.3) is 0 Å². The maximum atomic E-state index is 12.9. The monoisotopic (exact) mass is 307 g/mol. The smallest absolute Gasteiger partial charge is 0.209 e. The predicted molar refractivity (Wildman–Crippen MR) is 82.1 cm³/mol. The third-order valence-corrected chi connectivity index (χ3v) is 6.00. The fourth-order valence-corrected chi connectivity index (χ4v) is 5.11. The van der Waals surface area contributed by atoms with E-state index in [-0.39, 0.29) is 0 Å². The van der Waals surface area contributed by atoms with E-state index in [1.165, 1.54) is 11.8 Å². The number of benzene rings is 1. The van der Waals surface area contributed by atoms with Crippen molar-refractivity contribution in [2.24, 2.45) is 0 Å². The van der Waals surface area contributed by atoms with Gasteiger partial charge in [0.25, 0.3) is 0 Å². The molecule has 5 heteroatoms. The maximum absolute atomic E-state index is 12.9. The number of aryl methyl sites for hydroxylation is 3. The zero-order valence-corrected chi connectivity index (χ0v) is 13.6. The van der Waals surface area contributed by atoms with E-state index in [4.69, 9.17) is 0 Å². The van der Waals surface area contributed by atoms with Crippen LogP contribution in [0.3, 0.4) is 0 Å². The molecule has 1 heterocycles. The summed E-state index contributed by atoms with van der Waals surface area (Å²) in [5.74, 6) is 0. The van der Waals surface area contributed by atoms with Crippen molar-refractivity contribution in [1.29, 1.82) is 0 Å². The highest BCUT2D eigenvalue weighted by atomic mass is 32.2. The highest BCUT2D eigenvalue weighted by Gasteiger charge is 2.26. The summed E-state index contributed by atoms with van der Waals surface area (Å²) in [6, 6.07) is 8.85. The Morgan fingerprint density at radius 3 is 2.30 bits per heavy atom. The zero-order valence-electron chi connectivity index (χ0n) is 12.0. The van der Waals surface area contributed by atoms with Crippen molar-refractivity contribution in [2.45, 2.75) is 35.6 Å². The number of rotatable bonds is 3. The van der Waals surface area contributed by atoms with Crippen molar-refractivity contribution < 1.29 is 8.42 Å². The molecule has 2 rings (SSSR count). The zero-order chi connectivity index (χ0) is 14.9. The van der Waals surface area contributed by atoms with Gasteiger partial charge in [0.15, 0.2) is 0 Å². The molecule has 106 valence electrons. The Kier molecular flexibility index (Phi) is 4.20. The van der Waals surface area contributed by atoms with Crippen LogP contribution in [0.5, 0.6) is 0 Å². The fraction of sp³-hybridized carbons (Fsp3) is 0.267. The molecular weight excluding hydrogens is 290 g/mol. The van der Waals surface area contributed by atoms with E-state index >= 15 is 0 Å². The topological polar surface area (TPSA) is 47.0 Å². The molecule has 3 nitrogen and oxygen atoms in total. The van der Waals surface area contributed by atoms with E-state index in [1.807, 2.05) is 45.2 Å². The van der Waals surface area contributed by atoms with Crippen molar-refractivity contribution in [3.8, 4) is 0 Å². The van der Waals surface area contributed by atoms with Gasteiger partial charge >= 0.3 is 0 Å². The third kappa shape index (κ3) is 2.60. The minimum Gasteiger partial charge on any atom is -0.245 e. The quantitative estimate of drug-likeness (QED) is 0.813. The van der Waals surface area contributed by atoms with Gasteiger partial charge in [0, 0.05) is 5.69 Å². The lowest BCUT2D eigenvalue weighted by molar-refractivity contribution is 0.591. The molecule has 0 N–H and O–H groups in total. The van der Waals surface area contributed by atoms with Crippen LogP contribution in [0, 0.1) is 20.8 Å². The Bertz CT molecular complexity index is 752. The first-order valence-corrected chi connectivity index (χ1v) is 8.91. The van der Waals surface area contributed by atoms with Gasteiger partial charge < -0.3 is 0 Å². The standard InChI is InChI=1S/C15H17NO2S2/c1-10-7-5-6-8-13(10)20(17,18)14-11(2)9-12(3)16-15(14)19-4/h5-9H,1-4H3. The molecule has 0 aliphatic rings. The predicted octanol–water partition coefficient (Wildman–Crippen LogP) is 3.56. The molecule has 0 saturated carbocycles. The molecule has 0 atom stereocenters. The molecule has 0 unspecified atom stereocenters. The van der Waals surface area contributed by atoms with Gasteiger partial charge in [0.05, 0.1) is 4.90 Å². The SMILES string of the molecule is CSc1nc(C)cc(C)c1S(=O)(=O)c1ccccc1C. The van der Waals surface area contributed by atoms with Crippen molar-refractivity contribution in [1.82, 2.24) is 4.98 Å². The van der Waals surface area contributed by atoms with Gasteiger partial charge in [0.2, 0.25) is 9.84 Å². The van der Waals surface area contributed by atoms with E-state index in [9.17, 15) is 8.42 Å². The molecule has 0 aliphatic carbocycles. The lowest BCUT2D eigenvalue weighted by Gasteiger charge is -2.13. The second-order valence-electron chi connectivity index (χ2n) is 4.69. The minimum absolute atomic E-state index is 0.324. The van der Waals surface area contributed by atoms with Crippen LogP contribution in [0.1, 0.15) is 16.8 Å². The van der Waals surface area contributed by atoms with Crippen LogP contribution >= 0.6 is 11.8 Å². The molecule has 0 spiro atoms. The second kappa shape index (κ2) is 5.58. The second-order valence-corrected chi connectivity index (χ2v) is 7.34. The average Bonchev–Trinajstić information content (AvgIpc) is 2.37. The minimum atomic E-state index is -3.54.